The number of thiazole rings is 1. The van der Waals surface area contributed by atoms with Crippen molar-refractivity contribution >= 4 is 27.2 Å². The number of hydrogen-bond donors (Lipinski definition) is 1. The third-order valence-corrected chi connectivity index (χ3v) is 4.52. The molecule has 4 heteroatoms. The Kier molecular flexibility index (Phi) is 3.85. The number of nitrogens with one attached hydrogen (secondary N) is 1. The van der Waals surface area contributed by atoms with Crippen LogP contribution in [0, 0.1) is 11.3 Å². The van der Waals surface area contributed by atoms with Crippen molar-refractivity contribution in [3.05, 3.63) is 59.1 Å². The highest BCUT2D eigenvalue weighted by atomic mass is 32.1. The highest BCUT2D eigenvalue weighted by Crippen LogP contribution is 2.28. The Morgan fingerprint density at radius 1 is 1.19 bits per heavy atom. The molecule has 104 valence electrons. The molecule has 0 aliphatic rings. The first-order valence-corrected chi connectivity index (χ1v) is 7.66. The molecule has 0 bridgehead atoms. The largest absolute Gasteiger partial charge is 0.376 e. The van der Waals surface area contributed by atoms with E-state index in [0.29, 0.717) is 6.42 Å². The fourth-order valence-corrected chi connectivity index (χ4v) is 3.17. The summed E-state index contributed by atoms with van der Waals surface area (Å²) in [7, 11) is 0. The fraction of sp³-hybridized carbons (Fsp3) is 0.176. The Labute approximate surface area is 127 Å². The van der Waals surface area contributed by atoms with E-state index in [1.54, 1.807) is 11.3 Å². The van der Waals surface area contributed by atoms with Gasteiger partial charge in [0.1, 0.15) is 5.01 Å². The highest BCUT2D eigenvalue weighted by molar-refractivity contribution is 7.18. The minimum atomic E-state index is 0.157. The quantitative estimate of drug-likeness (QED) is 0.768. The molecule has 0 saturated carbocycles. The lowest BCUT2D eigenvalue weighted by Crippen LogP contribution is -2.06. The Bertz CT molecular complexity index is 751. The first kappa shape index (κ1) is 13.6. The number of rotatable bonds is 4. The van der Waals surface area contributed by atoms with Crippen LogP contribution in [0.15, 0.2) is 48.5 Å². The van der Waals surface area contributed by atoms with E-state index in [1.165, 1.54) is 4.70 Å². The van der Waals surface area contributed by atoms with Gasteiger partial charge in [-0.1, -0.05) is 24.3 Å². The second-order valence-corrected chi connectivity index (χ2v) is 5.98. The zero-order valence-electron chi connectivity index (χ0n) is 11.7. The summed E-state index contributed by atoms with van der Waals surface area (Å²) >= 11 is 1.72. The van der Waals surface area contributed by atoms with Crippen molar-refractivity contribution in [2.24, 2.45) is 0 Å². The van der Waals surface area contributed by atoms with Gasteiger partial charge in [0.2, 0.25) is 0 Å². The molecule has 21 heavy (non-hydrogen) atoms. The lowest BCUT2D eigenvalue weighted by molar-refractivity contribution is 0.874. The van der Waals surface area contributed by atoms with Gasteiger partial charge in [-0.05, 0) is 36.8 Å². The lowest BCUT2D eigenvalue weighted by Gasteiger charge is -2.12. The molecule has 0 radical (unpaired) electrons. The molecule has 2 aromatic carbocycles. The maximum atomic E-state index is 8.68. The molecule has 1 atom stereocenters. The van der Waals surface area contributed by atoms with Crippen LogP contribution in [0.2, 0.25) is 0 Å². The van der Waals surface area contributed by atoms with Crippen LogP contribution in [0.4, 0.5) is 5.69 Å². The molecule has 3 aromatic rings. The highest BCUT2D eigenvalue weighted by Gasteiger charge is 2.11. The number of nitrogens with zero attached hydrogens (tertiary/aromatic N) is 2. The summed E-state index contributed by atoms with van der Waals surface area (Å²) in [5.74, 6) is 0. The third kappa shape index (κ3) is 3.04. The number of hydrogen-bond acceptors (Lipinski definition) is 4. The predicted octanol–water partition coefficient (Wildman–Crippen LogP) is 4.54. The topological polar surface area (TPSA) is 48.7 Å². The van der Waals surface area contributed by atoms with Crippen molar-refractivity contribution in [2.75, 3.05) is 5.32 Å². The standard InChI is InChI=1S/C17H15N3S/c1-12(17-20-15-4-2-3-5-16(15)21-17)19-14-8-6-13(7-9-14)10-11-18/h2-9,12,19H,10H2,1H3. The summed E-state index contributed by atoms with van der Waals surface area (Å²) in [6.07, 6.45) is 0.452. The van der Waals surface area contributed by atoms with Gasteiger partial charge in [0.15, 0.2) is 0 Å². The van der Waals surface area contributed by atoms with Gasteiger partial charge < -0.3 is 5.32 Å². The van der Waals surface area contributed by atoms with E-state index in [1.807, 2.05) is 42.5 Å². The minimum Gasteiger partial charge on any atom is -0.376 e. The Hall–Kier alpha value is -2.38. The maximum absolute atomic E-state index is 8.68. The average molecular weight is 293 g/mol. The number of benzene rings is 2. The van der Waals surface area contributed by atoms with Gasteiger partial charge in [0.05, 0.1) is 28.7 Å². The van der Waals surface area contributed by atoms with Gasteiger partial charge in [0, 0.05) is 5.69 Å². The van der Waals surface area contributed by atoms with Crippen LogP contribution in [0.25, 0.3) is 10.2 Å². The van der Waals surface area contributed by atoms with Crippen molar-refractivity contribution in [1.82, 2.24) is 4.98 Å². The molecule has 0 spiro atoms. The van der Waals surface area contributed by atoms with E-state index in [2.05, 4.69) is 29.4 Å². The maximum Gasteiger partial charge on any atom is 0.116 e. The van der Waals surface area contributed by atoms with E-state index in [9.17, 15) is 0 Å². The second-order valence-electron chi connectivity index (χ2n) is 4.92. The van der Waals surface area contributed by atoms with Gasteiger partial charge in [0.25, 0.3) is 0 Å². The number of fused-ring (bicyclic) bond motifs is 1. The summed E-state index contributed by atoms with van der Waals surface area (Å²) in [6, 6.07) is 18.5. The molecule has 1 aromatic heterocycles. The number of aromatic nitrogens is 1. The minimum absolute atomic E-state index is 0.157. The fourth-order valence-electron chi connectivity index (χ4n) is 2.20. The van der Waals surface area contributed by atoms with Gasteiger partial charge in [-0.15, -0.1) is 11.3 Å². The van der Waals surface area contributed by atoms with Crippen LogP contribution in [-0.2, 0) is 6.42 Å². The summed E-state index contributed by atoms with van der Waals surface area (Å²) in [5.41, 5.74) is 3.13. The van der Waals surface area contributed by atoms with Crippen molar-refractivity contribution < 1.29 is 0 Å². The van der Waals surface area contributed by atoms with Crippen LogP contribution in [0.3, 0.4) is 0 Å². The molecule has 0 aliphatic heterocycles. The molecular weight excluding hydrogens is 278 g/mol. The third-order valence-electron chi connectivity index (χ3n) is 3.30. The number of para-hydroxylation sites is 1. The normalized spacial score (nSPS) is 12.0. The lowest BCUT2D eigenvalue weighted by atomic mass is 10.1. The Balaban J connectivity index is 1.76. The zero-order chi connectivity index (χ0) is 14.7. The van der Waals surface area contributed by atoms with Gasteiger partial charge >= 0.3 is 0 Å². The SMILES string of the molecule is CC(Nc1ccc(CC#N)cc1)c1nc2ccccc2s1. The molecule has 3 rings (SSSR count). The van der Waals surface area contributed by atoms with Crippen molar-refractivity contribution in [3.8, 4) is 6.07 Å². The number of anilines is 1. The molecular formula is C17H15N3S. The Morgan fingerprint density at radius 3 is 2.67 bits per heavy atom. The van der Waals surface area contributed by atoms with E-state index >= 15 is 0 Å². The summed E-state index contributed by atoms with van der Waals surface area (Å²) in [5, 5.41) is 13.2. The predicted molar refractivity (Wildman–Crippen MR) is 87.4 cm³/mol. The van der Waals surface area contributed by atoms with Crippen LogP contribution in [0.1, 0.15) is 23.5 Å². The average Bonchev–Trinajstić information content (AvgIpc) is 2.94. The van der Waals surface area contributed by atoms with Crippen molar-refractivity contribution in [1.29, 1.82) is 5.26 Å². The summed E-state index contributed by atoms with van der Waals surface area (Å²) < 4.78 is 1.21. The first-order valence-electron chi connectivity index (χ1n) is 6.84. The van der Waals surface area contributed by atoms with Crippen LogP contribution < -0.4 is 5.32 Å². The molecule has 1 N–H and O–H groups in total. The van der Waals surface area contributed by atoms with Gasteiger partial charge in [-0.3, -0.25) is 0 Å². The first-order chi connectivity index (χ1) is 10.3. The van der Waals surface area contributed by atoms with Gasteiger partial charge in [-0.2, -0.15) is 5.26 Å². The molecule has 1 heterocycles. The molecule has 0 fully saturated rings. The van der Waals surface area contributed by atoms with Crippen LogP contribution >= 0.6 is 11.3 Å². The molecule has 0 amide bonds. The monoisotopic (exact) mass is 293 g/mol. The van der Waals surface area contributed by atoms with Gasteiger partial charge in [-0.25, -0.2) is 4.98 Å². The van der Waals surface area contributed by atoms with Crippen LogP contribution in [0.5, 0.6) is 0 Å². The zero-order valence-corrected chi connectivity index (χ0v) is 12.5. The summed E-state index contributed by atoms with van der Waals surface area (Å²) in [4.78, 5) is 4.67. The number of nitriles is 1. The van der Waals surface area contributed by atoms with E-state index < -0.39 is 0 Å². The van der Waals surface area contributed by atoms with E-state index in [-0.39, 0.29) is 6.04 Å². The van der Waals surface area contributed by atoms with E-state index in [4.69, 9.17) is 5.26 Å². The molecule has 0 aliphatic carbocycles. The van der Waals surface area contributed by atoms with Crippen molar-refractivity contribution in [3.63, 3.8) is 0 Å². The molecule has 1 unspecified atom stereocenters. The summed E-state index contributed by atoms with van der Waals surface area (Å²) in [6.45, 7) is 2.11. The Morgan fingerprint density at radius 2 is 1.95 bits per heavy atom. The van der Waals surface area contributed by atoms with Crippen LogP contribution in [-0.4, -0.2) is 4.98 Å². The molecule has 0 saturated heterocycles. The molecule has 3 nitrogen and oxygen atoms in total. The smallest absolute Gasteiger partial charge is 0.116 e. The van der Waals surface area contributed by atoms with Crippen molar-refractivity contribution in [2.45, 2.75) is 19.4 Å². The van der Waals surface area contributed by atoms with E-state index in [0.717, 1.165) is 21.8 Å². The second kappa shape index (κ2) is 5.94.